The number of thioether (sulfide) groups is 1. The number of nitrogens with zero attached hydrogens (tertiary/aromatic N) is 4. The number of nitrogens with one attached hydrogen (secondary N) is 1. The second kappa shape index (κ2) is 7.88. The van der Waals surface area contributed by atoms with Crippen LogP contribution in [0, 0.1) is 5.82 Å². The zero-order valence-corrected chi connectivity index (χ0v) is 16.2. The molecule has 144 valence electrons. The Morgan fingerprint density at radius 2 is 1.89 bits per heavy atom. The van der Waals surface area contributed by atoms with Crippen LogP contribution in [0.2, 0.25) is 0 Å². The van der Waals surface area contributed by atoms with Gasteiger partial charge in [0.25, 0.3) is 0 Å². The molecule has 1 aromatic carbocycles. The topological polar surface area (TPSA) is 63.1 Å². The smallest absolute Gasteiger partial charge is 0.237 e. The molecule has 27 heavy (non-hydrogen) atoms. The number of rotatable bonds is 6. The van der Waals surface area contributed by atoms with E-state index in [1.54, 1.807) is 12.1 Å². The van der Waals surface area contributed by atoms with Gasteiger partial charge in [-0.2, -0.15) is 0 Å². The Balaban J connectivity index is 1.45. The van der Waals surface area contributed by atoms with Gasteiger partial charge in [-0.15, -0.1) is 10.2 Å². The van der Waals surface area contributed by atoms with E-state index in [2.05, 4.69) is 25.0 Å². The van der Waals surface area contributed by atoms with E-state index in [1.165, 1.54) is 43.2 Å². The SMILES string of the molecule is CC(Sc1nnc(N2CCCCC2)n1C1CC1)C(=O)Nc1ccc(F)cc1. The van der Waals surface area contributed by atoms with Crippen LogP contribution >= 0.6 is 11.8 Å². The molecule has 2 heterocycles. The third-order valence-corrected chi connectivity index (χ3v) is 6.02. The summed E-state index contributed by atoms with van der Waals surface area (Å²) in [5.74, 6) is 0.500. The summed E-state index contributed by atoms with van der Waals surface area (Å²) in [5.41, 5.74) is 0.589. The third kappa shape index (κ3) is 4.26. The first-order valence-corrected chi connectivity index (χ1v) is 10.4. The largest absolute Gasteiger partial charge is 0.341 e. The summed E-state index contributed by atoms with van der Waals surface area (Å²) < 4.78 is 15.2. The standard InChI is InChI=1S/C19H24FN5OS/c1-13(17(26)21-15-7-5-14(20)6-8-15)27-19-23-22-18(25(19)16-9-10-16)24-11-3-2-4-12-24/h5-8,13,16H,2-4,9-12H2,1H3,(H,21,26). The molecule has 0 radical (unpaired) electrons. The van der Waals surface area contributed by atoms with Crippen molar-refractivity contribution < 1.29 is 9.18 Å². The van der Waals surface area contributed by atoms with E-state index in [-0.39, 0.29) is 17.0 Å². The summed E-state index contributed by atoms with van der Waals surface area (Å²) in [5, 5.41) is 12.2. The molecule has 8 heteroatoms. The fourth-order valence-electron chi connectivity index (χ4n) is 3.30. The van der Waals surface area contributed by atoms with Gasteiger partial charge in [0.2, 0.25) is 11.9 Å². The Morgan fingerprint density at radius 3 is 2.56 bits per heavy atom. The highest BCUT2D eigenvalue weighted by Gasteiger charge is 2.33. The normalized spacial score (nSPS) is 18.4. The lowest BCUT2D eigenvalue weighted by Crippen LogP contribution is -2.32. The van der Waals surface area contributed by atoms with Gasteiger partial charge in [-0.25, -0.2) is 4.39 Å². The van der Waals surface area contributed by atoms with Crippen molar-refractivity contribution in [3.05, 3.63) is 30.1 Å². The molecule has 1 N–H and O–H groups in total. The van der Waals surface area contributed by atoms with Crippen LogP contribution in [0.1, 0.15) is 45.1 Å². The highest BCUT2D eigenvalue weighted by atomic mass is 32.2. The zero-order valence-electron chi connectivity index (χ0n) is 15.4. The molecule has 2 aliphatic rings. The minimum Gasteiger partial charge on any atom is -0.341 e. The molecule has 1 amide bonds. The third-order valence-electron chi connectivity index (χ3n) is 4.96. The number of amides is 1. The quantitative estimate of drug-likeness (QED) is 0.760. The number of hydrogen-bond acceptors (Lipinski definition) is 5. The predicted molar refractivity (Wildman–Crippen MR) is 105 cm³/mol. The van der Waals surface area contributed by atoms with Crippen molar-refractivity contribution in [1.82, 2.24) is 14.8 Å². The molecular weight excluding hydrogens is 365 g/mol. The van der Waals surface area contributed by atoms with E-state index >= 15 is 0 Å². The average molecular weight is 390 g/mol. The molecule has 1 saturated carbocycles. The van der Waals surface area contributed by atoms with Gasteiger partial charge >= 0.3 is 0 Å². The first-order chi connectivity index (χ1) is 13.1. The van der Waals surface area contributed by atoms with Crippen LogP contribution in [0.15, 0.2) is 29.4 Å². The summed E-state index contributed by atoms with van der Waals surface area (Å²) in [6.45, 7) is 3.91. The van der Waals surface area contributed by atoms with Crippen molar-refractivity contribution >= 4 is 29.3 Å². The summed E-state index contributed by atoms with van der Waals surface area (Å²) in [6, 6.07) is 6.24. The van der Waals surface area contributed by atoms with Crippen LogP contribution < -0.4 is 10.2 Å². The molecular formula is C19H24FN5OS. The fourth-order valence-corrected chi connectivity index (χ4v) is 4.21. The number of anilines is 2. The molecule has 0 bridgehead atoms. The lowest BCUT2D eigenvalue weighted by atomic mass is 10.1. The van der Waals surface area contributed by atoms with Gasteiger partial charge in [0.05, 0.1) is 5.25 Å². The molecule has 0 spiro atoms. The maximum Gasteiger partial charge on any atom is 0.237 e. The van der Waals surface area contributed by atoms with Crippen molar-refractivity contribution in [2.24, 2.45) is 0 Å². The second-order valence-corrected chi connectivity index (χ2v) is 8.50. The van der Waals surface area contributed by atoms with Crippen LogP contribution in [-0.4, -0.2) is 39.0 Å². The van der Waals surface area contributed by atoms with Crippen molar-refractivity contribution in [2.75, 3.05) is 23.3 Å². The van der Waals surface area contributed by atoms with Crippen molar-refractivity contribution in [3.8, 4) is 0 Å². The van der Waals surface area contributed by atoms with E-state index < -0.39 is 0 Å². The van der Waals surface area contributed by atoms with E-state index in [1.807, 2.05) is 6.92 Å². The van der Waals surface area contributed by atoms with Crippen LogP contribution in [0.3, 0.4) is 0 Å². The Morgan fingerprint density at radius 1 is 1.19 bits per heavy atom. The lowest BCUT2D eigenvalue weighted by molar-refractivity contribution is -0.115. The van der Waals surface area contributed by atoms with Gasteiger partial charge in [0, 0.05) is 24.8 Å². The molecule has 6 nitrogen and oxygen atoms in total. The monoisotopic (exact) mass is 389 g/mol. The molecule has 1 saturated heterocycles. The molecule has 1 aliphatic carbocycles. The highest BCUT2D eigenvalue weighted by Crippen LogP contribution is 2.42. The zero-order chi connectivity index (χ0) is 18.8. The number of aromatic nitrogens is 3. The van der Waals surface area contributed by atoms with E-state index in [9.17, 15) is 9.18 Å². The number of carbonyl (C=O) groups is 1. The molecule has 1 unspecified atom stereocenters. The summed E-state index contributed by atoms with van der Waals surface area (Å²) >= 11 is 1.43. The summed E-state index contributed by atoms with van der Waals surface area (Å²) in [4.78, 5) is 14.8. The molecule has 1 aromatic heterocycles. The van der Waals surface area contributed by atoms with Crippen molar-refractivity contribution in [1.29, 1.82) is 0 Å². The Labute approximate surface area is 162 Å². The van der Waals surface area contributed by atoms with Gasteiger partial charge < -0.3 is 10.2 Å². The van der Waals surface area contributed by atoms with Crippen molar-refractivity contribution in [2.45, 2.75) is 55.5 Å². The lowest BCUT2D eigenvalue weighted by Gasteiger charge is -2.28. The maximum atomic E-state index is 13.0. The maximum absolute atomic E-state index is 13.0. The summed E-state index contributed by atoms with van der Waals surface area (Å²) in [7, 11) is 0. The number of benzene rings is 1. The minimum atomic E-state index is -0.328. The van der Waals surface area contributed by atoms with Crippen LogP contribution in [0.5, 0.6) is 0 Å². The second-order valence-electron chi connectivity index (χ2n) is 7.19. The summed E-state index contributed by atoms with van der Waals surface area (Å²) in [6.07, 6.45) is 5.94. The number of piperidine rings is 1. The fraction of sp³-hybridized carbons (Fsp3) is 0.526. The Hall–Kier alpha value is -2.09. The van der Waals surface area contributed by atoms with Crippen LogP contribution in [-0.2, 0) is 4.79 Å². The Kier molecular flexibility index (Phi) is 5.33. The highest BCUT2D eigenvalue weighted by molar-refractivity contribution is 8.00. The van der Waals surface area contributed by atoms with Gasteiger partial charge in [-0.1, -0.05) is 11.8 Å². The predicted octanol–water partition coefficient (Wildman–Crippen LogP) is 3.86. The number of halogens is 1. The van der Waals surface area contributed by atoms with Gasteiger partial charge in [0.1, 0.15) is 5.82 Å². The number of hydrogen-bond donors (Lipinski definition) is 1. The van der Waals surface area contributed by atoms with E-state index in [0.717, 1.165) is 37.0 Å². The first kappa shape index (κ1) is 18.3. The van der Waals surface area contributed by atoms with Gasteiger partial charge in [0.15, 0.2) is 5.16 Å². The average Bonchev–Trinajstić information content (AvgIpc) is 3.44. The Bertz CT molecular complexity index is 799. The minimum absolute atomic E-state index is 0.128. The van der Waals surface area contributed by atoms with Gasteiger partial charge in [-0.05, 0) is 63.3 Å². The molecule has 2 aromatic rings. The van der Waals surface area contributed by atoms with E-state index in [0.29, 0.717) is 11.7 Å². The molecule has 2 fully saturated rings. The molecule has 1 atom stereocenters. The van der Waals surface area contributed by atoms with Crippen LogP contribution in [0.25, 0.3) is 0 Å². The van der Waals surface area contributed by atoms with Crippen molar-refractivity contribution in [3.63, 3.8) is 0 Å². The molecule has 4 rings (SSSR count). The number of carbonyl (C=O) groups excluding carboxylic acids is 1. The van der Waals surface area contributed by atoms with Crippen LogP contribution in [0.4, 0.5) is 16.0 Å². The van der Waals surface area contributed by atoms with E-state index in [4.69, 9.17) is 0 Å². The van der Waals surface area contributed by atoms with Gasteiger partial charge in [-0.3, -0.25) is 9.36 Å². The molecule has 1 aliphatic heterocycles. The first-order valence-electron chi connectivity index (χ1n) is 9.55.